The minimum absolute atomic E-state index is 0.0343. The highest BCUT2D eigenvalue weighted by Crippen LogP contribution is 2.44. The van der Waals surface area contributed by atoms with Crippen molar-refractivity contribution in [2.45, 2.75) is 93.5 Å². The number of ether oxygens (including phenoxy) is 1. The zero-order valence-corrected chi connectivity index (χ0v) is 49.9. The molecule has 2 unspecified atom stereocenters. The van der Waals surface area contributed by atoms with E-state index >= 15 is 0 Å². The Morgan fingerprint density at radius 2 is 1.51 bits per heavy atom. The van der Waals surface area contributed by atoms with Crippen LogP contribution in [-0.2, 0) is 18.6 Å². The Morgan fingerprint density at radius 3 is 2.13 bits per heavy atom. The maximum Gasteiger partial charge on any atom is 0.446 e. The number of esters is 1. The average Bonchev–Trinajstić information content (AvgIpc) is 3.40. The maximum atomic E-state index is 13.5. The standard InChI is InChI=1S/C32H48F3N4O4PS3.C26H31ClN2O/c1-6-42-44(43-24-41-30(40)31(2,3)4)21-20-39-18-16-38(17-19-39)15-14-25(23-45-26-10-8-7-9-11-26)37-28-13-12-27(47-36-5)22-29(28)46-32(33,34)35;1-26(2)12-11-25(21-5-7-23(27)8-6-21)22(17-26)18-28-13-15-29(16-14-28)24-9-3-20(19-30)4-10-24/h7-13,22,25,36-37H,6,14-21,23-24H2,1-5H3;3-10,19H,11-18H2,1-2H3. The van der Waals surface area contributed by atoms with E-state index in [9.17, 15) is 22.8 Å². The summed E-state index contributed by atoms with van der Waals surface area (Å²) in [6, 6.07) is 31.5. The van der Waals surface area contributed by atoms with Crippen molar-refractivity contribution in [1.29, 1.82) is 0 Å². The Kier molecular flexibility index (Phi) is 25.3. The van der Waals surface area contributed by atoms with Crippen molar-refractivity contribution >= 4 is 84.7 Å². The predicted molar refractivity (Wildman–Crippen MR) is 317 cm³/mol. The Morgan fingerprint density at radius 1 is 0.844 bits per heavy atom. The van der Waals surface area contributed by atoms with Crippen LogP contribution in [0.15, 0.2) is 117 Å². The number of aldehydes is 1. The number of thioether (sulfide) groups is 2. The van der Waals surface area contributed by atoms with Gasteiger partial charge in [-0.2, -0.15) is 13.2 Å². The number of anilines is 2. The van der Waals surface area contributed by atoms with Gasteiger partial charge in [0, 0.05) is 127 Å². The van der Waals surface area contributed by atoms with Crippen molar-refractivity contribution in [2.24, 2.45) is 10.8 Å². The topological polar surface area (TPSA) is 98.9 Å². The molecule has 3 aliphatic rings. The van der Waals surface area contributed by atoms with Gasteiger partial charge >= 0.3 is 11.5 Å². The second kappa shape index (κ2) is 31.0. The van der Waals surface area contributed by atoms with Crippen molar-refractivity contribution in [3.05, 3.63) is 119 Å². The van der Waals surface area contributed by atoms with E-state index in [1.54, 1.807) is 57.3 Å². The van der Waals surface area contributed by atoms with Crippen molar-refractivity contribution in [2.75, 3.05) is 115 Å². The molecule has 2 fully saturated rings. The molecule has 0 aromatic heterocycles. The smallest absolute Gasteiger partial charge is 0.438 e. The Balaban J connectivity index is 0.000000274. The number of nitrogens with zero attached hydrogens (tertiary/aromatic N) is 4. The number of piperazine rings is 2. The third-order valence-corrected chi connectivity index (χ3v) is 18.0. The van der Waals surface area contributed by atoms with Crippen LogP contribution in [0.25, 0.3) is 5.57 Å². The summed E-state index contributed by atoms with van der Waals surface area (Å²) in [5.74, 6) is 0.414. The second-order valence-corrected chi connectivity index (χ2v) is 26.6. The third-order valence-electron chi connectivity index (χ3n) is 13.6. The molecule has 2 saturated heterocycles. The molecule has 11 nitrogen and oxygen atoms in total. The van der Waals surface area contributed by atoms with Crippen LogP contribution in [0.4, 0.5) is 24.5 Å². The van der Waals surface area contributed by atoms with Crippen LogP contribution in [0.1, 0.15) is 83.1 Å². The number of carbonyl (C=O) groups excluding carboxylic acids is 2. The highest BCUT2D eigenvalue weighted by Gasteiger charge is 2.32. The molecule has 19 heteroatoms. The molecule has 0 amide bonds. The summed E-state index contributed by atoms with van der Waals surface area (Å²) < 4.78 is 60.2. The van der Waals surface area contributed by atoms with E-state index in [0.717, 1.165) is 123 Å². The number of allylic oxidation sites excluding steroid dienone is 1. The highest BCUT2D eigenvalue weighted by molar-refractivity contribution is 8.00. The molecule has 0 radical (unpaired) electrons. The molecule has 0 spiro atoms. The molecular formula is C58H79ClF3N6O5PS3. The van der Waals surface area contributed by atoms with Gasteiger partial charge in [0.1, 0.15) is 6.29 Å². The molecule has 77 heavy (non-hydrogen) atoms. The van der Waals surface area contributed by atoms with E-state index < -0.39 is 19.3 Å². The first-order chi connectivity index (χ1) is 36.8. The quantitative estimate of drug-likeness (QED) is 0.0174. The molecule has 2 heterocycles. The highest BCUT2D eigenvalue weighted by atomic mass is 35.5. The molecule has 7 rings (SSSR count). The van der Waals surface area contributed by atoms with E-state index in [1.807, 2.05) is 55.5 Å². The first-order valence-electron chi connectivity index (χ1n) is 26.6. The summed E-state index contributed by atoms with van der Waals surface area (Å²) in [6.07, 6.45) is 5.96. The number of rotatable bonds is 24. The minimum Gasteiger partial charge on any atom is -0.438 e. The number of hydrogen-bond donors (Lipinski definition) is 2. The van der Waals surface area contributed by atoms with Crippen LogP contribution in [0, 0.1) is 10.8 Å². The van der Waals surface area contributed by atoms with E-state index in [-0.39, 0.29) is 35.5 Å². The van der Waals surface area contributed by atoms with Crippen molar-refractivity contribution < 1.29 is 36.5 Å². The molecule has 2 N–H and O–H groups in total. The summed E-state index contributed by atoms with van der Waals surface area (Å²) in [5, 5.41) is 4.27. The van der Waals surface area contributed by atoms with Crippen molar-refractivity contribution in [1.82, 2.24) is 19.4 Å². The summed E-state index contributed by atoms with van der Waals surface area (Å²) >= 11 is 9.04. The second-order valence-electron chi connectivity index (χ2n) is 21.3. The summed E-state index contributed by atoms with van der Waals surface area (Å²) in [6.45, 7) is 23.0. The van der Waals surface area contributed by atoms with Crippen LogP contribution in [0.3, 0.4) is 0 Å². The van der Waals surface area contributed by atoms with Gasteiger partial charge in [-0.25, -0.2) is 0 Å². The zero-order valence-electron chi connectivity index (χ0n) is 45.8. The van der Waals surface area contributed by atoms with Gasteiger partial charge in [0.15, 0.2) is 15.2 Å². The molecule has 422 valence electrons. The fraction of sp³-hybridized carbons (Fsp3) is 0.517. The van der Waals surface area contributed by atoms with E-state index in [0.29, 0.717) is 17.7 Å². The molecule has 1 aliphatic carbocycles. The Labute approximate surface area is 475 Å². The Bertz CT molecular complexity index is 2460. The van der Waals surface area contributed by atoms with Crippen LogP contribution < -0.4 is 14.9 Å². The van der Waals surface area contributed by atoms with Gasteiger partial charge in [-0.15, -0.1) is 11.8 Å². The first-order valence-corrected chi connectivity index (χ1v) is 31.0. The molecule has 2 aliphatic heterocycles. The van der Waals surface area contributed by atoms with Crippen LogP contribution >= 0.6 is 55.4 Å². The number of halogens is 4. The fourth-order valence-electron chi connectivity index (χ4n) is 9.37. The lowest BCUT2D eigenvalue weighted by Crippen LogP contribution is -2.48. The molecule has 0 bridgehead atoms. The van der Waals surface area contributed by atoms with Crippen molar-refractivity contribution in [3.8, 4) is 0 Å². The van der Waals surface area contributed by atoms with Crippen LogP contribution in [-0.4, -0.2) is 143 Å². The molecule has 2 atom stereocenters. The number of nitrogens with one attached hydrogen (secondary N) is 2. The molecule has 0 saturated carbocycles. The number of alkyl halides is 3. The Hall–Kier alpha value is -3.32. The summed E-state index contributed by atoms with van der Waals surface area (Å²) in [7, 11) is 0.580. The molecule has 4 aromatic rings. The molecule has 4 aromatic carbocycles. The first kappa shape index (κ1) is 62.9. The monoisotopic (exact) mass is 1160 g/mol. The van der Waals surface area contributed by atoms with Crippen molar-refractivity contribution in [3.63, 3.8) is 0 Å². The van der Waals surface area contributed by atoms with Gasteiger partial charge in [-0.3, -0.25) is 23.7 Å². The SMILES string of the molecule is CC1(C)CCC(c2ccc(Cl)cc2)=C(CN2CCN(c3ccc(C=O)cc3)CC2)C1.CCOP(CCN1CCN(CCC(CSc2ccccc2)Nc2ccc(SNC)cc2SC(F)(F)F)CC1)OCOC(=O)C(C)(C)C. The van der Waals surface area contributed by atoms with Gasteiger partial charge < -0.3 is 29.3 Å². The summed E-state index contributed by atoms with van der Waals surface area (Å²) in [5.41, 5.74) is 2.29. The van der Waals surface area contributed by atoms with Gasteiger partial charge in [0.25, 0.3) is 0 Å². The van der Waals surface area contributed by atoms with E-state index in [1.165, 1.54) is 41.6 Å². The van der Waals surface area contributed by atoms with Crippen LogP contribution in [0.5, 0.6) is 0 Å². The minimum atomic E-state index is -4.39. The fourth-order valence-corrected chi connectivity index (χ4v) is 13.0. The van der Waals surface area contributed by atoms with Gasteiger partial charge in [0.05, 0.1) is 12.0 Å². The van der Waals surface area contributed by atoms with Gasteiger partial charge in [-0.1, -0.05) is 61.4 Å². The predicted octanol–water partition coefficient (Wildman–Crippen LogP) is 14.0. The van der Waals surface area contributed by atoms with Gasteiger partial charge in [0.2, 0.25) is 0 Å². The van der Waals surface area contributed by atoms with E-state index in [4.69, 9.17) is 25.4 Å². The lowest BCUT2D eigenvalue weighted by atomic mass is 9.73. The number of benzene rings is 4. The lowest BCUT2D eigenvalue weighted by molar-refractivity contribution is -0.159. The largest absolute Gasteiger partial charge is 0.446 e. The zero-order chi connectivity index (χ0) is 55.4. The lowest BCUT2D eigenvalue weighted by Gasteiger charge is -2.39. The number of hydrogen-bond acceptors (Lipinski definition) is 14. The van der Waals surface area contributed by atoms with E-state index in [2.05, 4.69) is 79.9 Å². The normalized spacial score (nSPS) is 17.6. The number of carbonyl (C=O) groups is 2. The van der Waals surface area contributed by atoms with Crippen LogP contribution in [0.2, 0.25) is 5.02 Å². The average molecular weight is 1160 g/mol. The molecular weight excluding hydrogens is 1080 g/mol. The summed E-state index contributed by atoms with van der Waals surface area (Å²) in [4.78, 5) is 34.8. The van der Waals surface area contributed by atoms with Gasteiger partial charge in [-0.05, 0) is 167 Å². The maximum absolute atomic E-state index is 13.5. The third kappa shape index (κ3) is 21.9.